The van der Waals surface area contributed by atoms with E-state index in [9.17, 15) is 0 Å². The van der Waals surface area contributed by atoms with Crippen LogP contribution in [-0.4, -0.2) is 15.6 Å². The van der Waals surface area contributed by atoms with Gasteiger partial charge in [-0.15, -0.1) is 0 Å². The summed E-state index contributed by atoms with van der Waals surface area (Å²) in [6.07, 6.45) is 10.3. The molecule has 0 radical (unpaired) electrons. The van der Waals surface area contributed by atoms with Gasteiger partial charge in [-0.3, -0.25) is 0 Å². The van der Waals surface area contributed by atoms with Crippen molar-refractivity contribution in [3.8, 4) is 0 Å². The Hall–Kier alpha value is -0.0831. The van der Waals surface area contributed by atoms with Gasteiger partial charge in [0, 0.05) is 6.61 Å². The molecule has 2 heteroatoms. The Morgan fingerprint density at radius 3 is 2.20 bits per heavy atom. The highest BCUT2D eigenvalue weighted by Crippen LogP contribution is 2.07. The first-order valence-electron chi connectivity index (χ1n) is 6.38. The molecule has 0 N–H and O–H groups in total. The van der Waals surface area contributed by atoms with Gasteiger partial charge in [0.25, 0.3) is 0 Å². The van der Waals surface area contributed by atoms with E-state index < -0.39 is 9.04 Å². The van der Waals surface area contributed by atoms with Gasteiger partial charge in [-0.05, 0) is 46.2 Å². The first-order valence-corrected chi connectivity index (χ1v) is 9.16. The van der Waals surface area contributed by atoms with Gasteiger partial charge in [0.2, 0.25) is 0 Å². The third-order valence-electron chi connectivity index (χ3n) is 2.35. The molecular formula is C13H28OSi. The molecule has 0 fully saturated rings. The fourth-order valence-corrected chi connectivity index (χ4v) is 2.12. The number of hydrogen-bond donors (Lipinski definition) is 0. The molecule has 0 atom stereocenters. The largest absolute Gasteiger partial charge is 0.421 e. The predicted octanol–water partition coefficient (Wildman–Crippen LogP) is 4.29. The Balaban J connectivity index is 3.02. The molecule has 0 aliphatic rings. The topological polar surface area (TPSA) is 9.23 Å². The van der Waals surface area contributed by atoms with Crippen LogP contribution in [0.2, 0.25) is 13.1 Å². The second kappa shape index (κ2) is 10.4. The minimum atomic E-state index is -0.760. The van der Waals surface area contributed by atoms with E-state index in [0.29, 0.717) is 0 Å². The van der Waals surface area contributed by atoms with Crippen molar-refractivity contribution in [2.24, 2.45) is 0 Å². The molecule has 0 saturated carbocycles. The molecule has 0 aliphatic heterocycles. The second-order valence-electron chi connectivity index (χ2n) is 4.76. The lowest BCUT2D eigenvalue weighted by molar-refractivity contribution is 0.312. The molecule has 0 aromatic heterocycles. The summed E-state index contributed by atoms with van der Waals surface area (Å²) >= 11 is 0. The van der Waals surface area contributed by atoms with Gasteiger partial charge >= 0.3 is 0 Å². The highest BCUT2D eigenvalue weighted by atomic mass is 28.3. The molecule has 15 heavy (non-hydrogen) atoms. The van der Waals surface area contributed by atoms with Gasteiger partial charge in [-0.2, -0.15) is 0 Å². The maximum Gasteiger partial charge on any atom is 0.170 e. The molecule has 90 valence electrons. The maximum absolute atomic E-state index is 5.63. The molecule has 0 saturated heterocycles. The van der Waals surface area contributed by atoms with Crippen LogP contribution in [0, 0.1) is 0 Å². The van der Waals surface area contributed by atoms with Crippen LogP contribution in [0.15, 0.2) is 11.6 Å². The molecule has 0 heterocycles. The summed E-state index contributed by atoms with van der Waals surface area (Å²) in [7, 11) is -0.760. The highest BCUT2D eigenvalue weighted by molar-refractivity contribution is 6.48. The summed E-state index contributed by atoms with van der Waals surface area (Å²) in [5, 5.41) is 0. The Labute approximate surface area is 97.6 Å². The van der Waals surface area contributed by atoms with E-state index in [0.717, 1.165) is 6.61 Å². The Morgan fingerprint density at radius 2 is 1.60 bits per heavy atom. The minimum absolute atomic E-state index is 0.760. The molecule has 0 bridgehead atoms. The van der Waals surface area contributed by atoms with Gasteiger partial charge in [-0.25, -0.2) is 0 Å². The van der Waals surface area contributed by atoms with Gasteiger partial charge < -0.3 is 4.43 Å². The summed E-state index contributed by atoms with van der Waals surface area (Å²) in [5.41, 5.74) is 1.45. The minimum Gasteiger partial charge on any atom is -0.421 e. The van der Waals surface area contributed by atoms with E-state index in [1.54, 1.807) is 0 Å². The van der Waals surface area contributed by atoms with Crippen LogP contribution in [0.3, 0.4) is 0 Å². The lowest BCUT2D eigenvalue weighted by Crippen LogP contribution is -2.08. The fourth-order valence-electron chi connectivity index (χ4n) is 1.49. The Bertz CT molecular complexity index is 160. The van der Waals surface area contributed by atoms with Gasteiger partial charge in [0.15, 0.2) is 9.04 Å². The number of allylic oxidation sites excluding steroid dienone is 2. The van der Waals surface area contributed by atoms with E-state index in [1.807, 2.05) is 0 Å². The van der Waals surface area contributed by atoms with E-state index in [2.05, 4.69) is 33.0 Å². The van der Waals surface area contributed by atoms with Crippen molar-refractivity contribution in [3.05, 3.63) is 11.6 Å². The molecule has 0 spiro atoms. The average molecular weight is 228 g/mol. The third kappa shape index (κ3) is 13.9. The van der Waals surface area contributed by atoms with E-state index in [4.69, 9.17) is 4.43 Å². The quantitative estimate of drug-likeness (QED) is 0.325. The van der Waals surface area contributed by atoms with Crippen molar-refractivity contribution in [2.75, 3.05) is 6.61 Å². The maximum atomic E-state index is 5.63. The SMILES string of the molecule is CC(C)=CCCCCCCCO[SiH](C)C. The first kappa shape index (κ1) is 14.9. The number of rotatable bonds is 9. The summed E-state index contributed by atoms with van der Waals surface area (Å²) in [6, 6.07) is 0. The van der Waals surface area contributed by atoms with Crippen molar-refractivity contribution >= 4 is 9.04 Å². The molecule has 0 amide bonds. The van der Waals surface area contributed by atoms with E-state index in [-0.39, 0.29) is 0 Å². The van der Waals surface area contributed by atoms with Crippen molar-refractivity contribution in [1.82, 2.24) is 0 Å². The van der Waals surface area contributed by atoms with Crippen molar-refractivity contribution in [2.45, 2.75) is 65.5 Å². The van der Waals surface area contributed by atoms with E-state index >= 15 is 0 Å². The molecule has 0 aromatic rings. The summed E-state index contributed by atoms with van der Waals surface area (Å²) < 4.78 is 5.63. The predicted molar refractivity (Wildman–Crippen MR) is 72.0 cm³/mol. The van der Waals surface area contributed by atoms with Crippen LogP contribution in [-0.2, 0) is 4.43 Å². The van der Waals surface area contributed by atoms with Gasteiger partial charge in [-0.1, -0.05) is 30.9 Å². The smallest absolute Gasteiger partial charge is 0.170 e. The zero-order valence-electron chi connectivity index (χ0n) is 11.0. The monoisotopic (exact) mass is 228 g/mol. The van der Waals surface area contributed by atoms with Crippen LogP contribution in [0.4, 0.5) is 0 Å². The number of unbranched alkanes of at least 4 members (excludes halogenated alkanes) is 5. The molecule has 0 rings (SSSR count). The van der Waals surface area contributed by atoms with Crippen LogP contribution in [0.1, 0.15) is 52.4 Å². The zero-order valence-corrected chi connectivity index (χ0v) is 12.2. The van der Waals surface area contributed by atoms with Crippen LogP contribution in [0.25, 0.3) is 0 Å². The average Bonchev–Trinajstić information content (AvgIpc) is 2.14. The molecule has 1 nitrogen and oxygen atoms in total. The third-order valence-corrected chi connectivity index (χ3v) is 3.25. The first-order chi connectivity index (χ1) is 7.13. The van der Waals surface area contributed by atoms with Crippen molar-refractivity contribution in [1.29, 1.82) is 0 Å². The lowest BCUT2D eigenvalue weighted by Gasteiger charge is -2.05. The normalized spacial score (nSPS) is 10.7. The molecule has 0 unspecified atom stereocenters. The van der Waals surface area contributed by atoms with Crippen LogP contribution >= 0.6 is 0 Å². The summed E-state index contributed by atoms with van der Waals surface area (Å²) in [5.74, 6) is 0. The molecule has 0 aromatic carbocycles. The number of hydrogen-bond acceptors (Lipinski definition) is 1. The zero-order chi connectivity index (χ0) is 11.5. The Morgan fingerprint density at radius 1 is 1.00 bits per heavy atom. The van der Waals surface area contributed by atoms with Gasteiger partial charge in [0.1, 0.15) is 0 Å². The fraction of sp³-hybridized carbons (Fsp3) is 0.846. The second-order valence-corrected chi connectivity index (χ2v) is 7.19. The van der Waals surface area contributed by atoms with Crippen LogP contribution < -0.4 is 0 Å². The summed E-state index contributed by atoms with van der Waals surface area (Å²) in [4.78, 5) is 0. The standard InChI is InChI=1S/C13H28OSi/c1-13(2)11-9-7-5-6-8-10-12-14-15(3)4/h11,15H,5-10,12H2,1-4H3. The Kier molecular flexibility index (Phi) is 10.4. The lowest BCUT2D eigenvalue weighted by atomic mass is 10.1. The van der Waals surface area contributed by atoms with Gasteiger partial charge in [0.05, 0.1) is 0 Å². The van der Waals surface area contributed by atoms with Crippen molar-refractivity contribution in [3.63, 3.8) is 0 Å². The highest BCUT2D eigenvalue weighted by Gasteiger charge is 1.94. The van der Waals surface area contributed by atoms with Crippen molar-refractivity contribution < 1.29 is 4.43 Å². The molecular weight excluding hydrogens is 200 g/mol. The summed E-state index contributed by atoms with van der Waals surface area (Å²) in [6.45, 7) is 9.82. The molecule has 0 aliphatic carbocycles. The van der Waals surface area contributed by atoms with Crippen LogP contribution in [0.5, 0.6) is 0 Å². The van der Waals surface area contributed by atoms with E-state index in [1.165, 1.54) is 44.1 Å².